The van der Waals surface area contributed by atoms with E-state index < -0.39 is 23.9 Å². The van der Waals surface area contributed by atoms with Gasteiger partial charge in [0.15, 0.2) is 0 Å². The van der Waals surface area contributed by atoms with Gasteiger partial charge < -0.3 is 20.9 Å². The Morgan fingerprint density at radius 2 is 1.81 bits per heavy atom. The number of aryl methyl sites for hydroxylation is 1. The Balaban J connectivity index is 2.52. The molecule has 0 radical (unpaired) electrons. The topological polar surface area (TPSA) is 119 Å². The molecule has 1 rings (SSSR count). The summed E-state index contributed by atoms with van der Waals surface area (Å²) >= 11 is 0. The third kappa shape index (κ3) is 13.0. The maximum absolute atomic E-state index is 12.7. The highest BCUT2D eigenvalue weighted by Gasteiger charge is 2.24. The van der Waals surface area contributed by atoms with Crippen LogP contribution in [0, 0.1) is 12.8 Å². The van der Waals surface area contributed by atoms with Gasteiger partial charge in [0.2, 0.25) is 5.91 Å². The standard InChI is InChI=1S/C23H36N2O5S2/c1-16-8-10-17(11-9-16)14-30-20(26)13-18(15-31-32-23(2,3)4)21(27)25-12-6-5-7-19(24)22(28)29/h8-11,18-19H,5-7,12-15,24H2,1-4H3,(H,25,27)(H,28,29)/t18?,19-/m0/s1. The van der Waals surface area contributed by atoms with Crippen LogP contribution in [0.5, 0.6) is 0 Å². The molecule has 0 saturated heterocycles. The number of ether oxygens (including phenoxy) is 1. The molecule has 0 fully saturated rings. The fourth-order valence-corrected chi connectivity index (χ4v) is 5.21. The minimum Gasteiger partial charge on any atom is -0.480 e. The van der Waals surface area contributed by atoms with Crippen molar-refractivity contribution in [3.63, 3.8) is 0 Å². The summed E-state index contributed by atoms with van der Waals surface area (Å²) in [6.45, 7) is 8.87. The minimum atomic E-state index is -1.02. The van der Waals surface area contributed by atoms with Crippen molar-refractivity contribution < 1.29 is 24.2 Å². The van der Waals surface area contributed by atoms with Crippen LogP contribution in [-0.2, 0) is 25.7 Å². The second kappa shape index (κ2) is 14.4. The van der Waals surface area contributed by atoms with Crippen LogP contribution in [0.3, 0.4) is 0 Å². The number of benzene rings is 1. The number of rotatable bonds is 14. The first-order valence-electron chi connectivity index (χ1n) is 10.8. The van der Waals surface area contributed by atoms with Crippen molar-refractivity contribution in [3.8, 4) is 0 Å². The highest BCUT2D eigenvalue weighted by Crippen LogP contribution is 2.36. The zero-order valence-corrected chi connectivity index (χ0v) is 21.0. The average Bonchev–Trinajstić information content (AvgIpc) is 2.71. The van der Waals surface area contributed by atoms with Gasteiger partial charge >= 0.3 is 11.9 Å². The van der Waals surface area contributed by atoms with Crippen LogP contribution in [-0.4, -0.2) is 46.0 Å². The van der Waals surface area contributed by atoms with Gasteiger partial charge in [-0.2, -0.15) is 0 Å². The third-order valence-electron chi connectivity index (χ3n) is 4.44. The molecule has 7 nitrogen and oxygen atoms in total. The fourth-order valence-electron chi connectivity index (χ4n) is 2.60. The van der Waals surface area contributed by atoms with E-state index in [0.717, 1.165) is 11.1 Å². The summed E-state index contributed by atoms with van der Waals surface area (Å²) in [6, 6.07) is 6.87. The molecule has 0 aromatic heterocycles. The number of amides is 1. The van der Waals surface area contributed by atoms with E-state index in [1.165, 1.54) is 0 Å². The Bertz CT molecular complexity index is 735. The first-order valence-corrected chi connectivity index (χ1v) is 13.1. The van der Waals surface area contributed by atoms with Crippen molar-refractivity contribution in [2.24, 2.45) is 11.7 Å². The van der Waals surface area contributed by atoms with E-state index in [4.69, 9.17) is 15.6 Å². The lowest BCUT2D eigenvalue weighted by molar-refractivity contribution is -0.147. The number of hydrogen-bond donors (Lipinski definition) is 3. The molecule has 0 aliphatic rings. The van der Waals surface area contributed by atoms with E-state index in [2.05, 4.69) is 26.1 Å². The number of aliphatic carboxylic acids is 1. The fraction of sp³-hybridized carbons (Fsp3) is 0.609. The van der Waals surface area contributed by atoms with Crippen LogP contribution < -0.4 is 11.1 Å². The quantitative estimate of drug-likeness (QED) is 0.206. The van der Waals surface area contributed by atoms with Crippen LogP contribution >= 0.6 is 21.6 Å². The number of carboxylic acid groups (broad SMARTS) is 1. The van der Waals surface area contributed by atoms with Gasteiger partial charge in [-0.15, -0.1) is 0 Å². The monoisotopic (exact) mass is 484 g/mol. The number of esters is 1. The summed E-state index contributed by atoms with van der Waals surface area (Å²) in [7, 11) is 3.24. The van der Waals surface area contributed by atoms with E-state index in [-0.39, 0.29) is 23.7 Å². The molecule has 1 aromatic carbocycles. The molecule has 0 heterocycles. The van der Waals surface area contributed by atoms with Gasteiger partial charge in [-0.25, -0.2) is 0 Å². The van der Waals surface area contributed by atoms with E-state index in [1.807, 2.05) is 31.2 Å². The van der Waals surface area contributed by atoms with Gasteiger partial charge in [0, 0.05) is 17.0 Å². The van der Waals surface area contributed by atoms with Crippen LogP contribution in [0.1, 0.15) is 57.6 Å². The zero-order valence-electron chi connectivity index (χ0n) is 19.4. The van der Waals surface area contributed by atoms with E-state index in [9.17, 15) is 14.4 Å². The highest BCUT2D eigenvalue weighted by molar-refractivity contribution is 8.77. The Morgan fingerprint density at radius 1 is 1.16 bits per heavy atom. The van der Waals surface area contributed by atoms with Crippen LogP contribution in [0.4, 0.5) is 0 Å². The third-order valence-corrected chi connectivity index (χ3v) is 7.86. The molecule has 0 aliphatic heterocycles. The molecule has 0 saturated carbocycles. The number of carbonyl (C=O) groups is 3. The molecule has 9 heteroatoms. The summed E-state index contributed by atoms with van der Waals surface area (Å²) in [6.07, 6.45) is 1.60. The lowest BCUT2D eigenvalue weighted by atomic mass is 10.1. The highest BCUT2D eigenvalue weighted by atomic mass is 33.1. The summed E-state index contributed by atoms with van der Waals surface area (Å²) < 4.78 is 5.43. The number of hydrogen-bond acceptors (Lipinski definition) is 7. The van der Waals surface area contributed by atoms with Crippen molar-refractivity contribution in [1.29, 1.82) is 0 Å². The van der Waals surface area contributed by atoms with Crippen molar-refractivity contribution in [1.82, 2.24) is 5.32 Å². The summed E-state index contributed by atoms with van der Waals surface area (Å²) in [5.74, 6) is -1.62. The second-order valence-electron chi connectivity index (χ2n) is 8.76. The predicted molar refractivity (Wildman–Crippen MR) is 131 cm³/mol. The molecule has 0 bridgehead atoms. The van der Waals surface area contributed by atoms with Gasteiger partial charge in [0.05, 0.1) is 12.3 Å². The lowest BCUT2D eigenvalue weighted by Crippen LogP contribution is -2.35. The molecule has 0 aliphatic carbocycles. The van der Waals surface area contributed by atoms with Crippen molar-refractivity contribution in [3.05, 3.63) is 35.4 Å². The number of nitrogens with two attached hydrogens (primary N) is 1. The molecule has 0 spiro atoms. The van der Waals surface area contributed by atoms with Gasteiger partial charge in [0.25, 0.3) is 0 Å². The first kappa shape index (κ1) is 28.3. The Kier molecular flexibility index (Phi) is 12.8. The molecule has 32 heavy (non-hydrogen) atoms. The predicted octanol–water partition coefficient (Wildman–Crippen LogP) is 3.92. The largest absolute Gasteiger partial charge is 0.480 e. The molecule has 1 aromatic rings. The molecule has 180 valence electrons. The summed E-state index contributed by atoms with van der Waals surface area (Å²) in [5.41, 5.74) is 7.53. The van der Waals surface area contributed by atoms with Crippen molar-refractivity contribution in [2.75, 3.05) is 12.3 Å². The van der Waals surface area contributed by atoms with Crippen LogP contribution in [0.25, 0.3) is 0 Å². The molecule has 1 amide bonds. The molecular formula is C23H36N2O5S2. The van der Waals surface area contributed by atoms with Crippen molar-refractivity contribution >= 4 is 39.4 Å². The van der Waals surface area contributed by atoms with Gasteiger partial charge in [-0.1, -0.05) is 72.2 Å². The second-order valence-corrected chi connectivity index (χ2v) is 11.9. The van der Waals surface area contributed by atoms with Gasteiger partial charge in [0.1, 0.15) is 12.6 Å². The number of unbranched alkanes of at least 4 members (excludes halogenated alkanes) is 1. The molecule has 1 unspecified atom stereocenters. The smallest absolute Gasteiger partial charge is 0.320 e. The first-order chi connectivity index (χ1) is 15.0. The summed E-state index contributed by atoms with van der Waals surface area (Å²) in [5, 5.41) is 11.7. The van der Waals surface area contributed by atoms with E-state index in [0.29, 0.717) is 31.6 Å². The maximum Gasteiger partial charge on any atom is 0.320 e. The summed E-state index contributed by atoms with van der Waals surface area (Å²) in [4.78, 5) is 35.8. The number of nitrogens with one attached hydrogen (secondary N) is 1. The van der Waals surface area contributed by atoms with E-state index >= 15 is 0 Å². The maximum atomic E-state index is 12.7. The molecular weight excluding hydrogens is 448 g/mol. The normalized spacial score (nSPS) is 13.3. The zero-order chi connectivity index (χ0) is 24.1. The van der Waals surface area contributed by atoms with E-state index in [1.54, 1.807) is 21.6 Å². The van der Waals surface area contributed by atoms with Crippen molar-refractivity contribution in [2.45, 2.75) is 70.8 Å². The lowest BCUT2D eigenvalue weighted by Gasteiger charge is -2.20. The van der Waals surface area contributed by atoms with Crippen LogP contribution in [0.15, 0.2) is 24.3 Å². The average molecular weight is 485 g/mol. The number of carboxylic acids is 1. The molecule has 4 N–H and O–H groups in total. The Morgan fingerprint density at radius 3 is 2.41 bits per heavy atom. The Hall–Kier alpha value is -1.71. The molecule has 2 atom stereocenters. The number of carbonyl (C=O) groups excluding carboxylic acids is 2. The Labute approximate surface area is 199 Å². The van der Waals surface area contributed by atoms with Gasteiger partial charge in [-0.3, -0.25) is 14.4 Å². The van der Waals surface area contributed by atoms with Crippen LogP contribution in [0.2, 0.25) is 0 Å². The SMILES string of the molecule is Cc1ccc(COC(=O)CC(CSSC(C)(C)C)C(=O)NCCCC[C@H](N)C(=O)O)cc1. The minimum absolute atomic E-state index is 0.0132. The van der Waals surface area contributed by atoms with Gasteiger partial charge in [-0.05, 0) is 31.7 Å².